The molecule has 5 nitrogen and oxygen atoms in total. The smallest absolute Gasteiger partial charge is 0.154 e. The SMILES string of the molecule is C1=Nc2[nH]ncc2C2ONC=C12. The minimum absolute atomic E-state index is 0.0451. The first kappa shape index (κ1) is 5.96. The molecule has 1 unspecified atom stereocenters. The van der Waals surface area contributed by atoms with Crippen LogP contribution in [0.3, 0.4) is 0 Å². The highest BCUT2D eigenvalue weighted by Gasteiger charge is 2.28. The molecule has 1 atom stereocenters. The summed E-state index contributed by atoms with van der Waals surface area (Å²) in [5.74, 6) is 0.779. The molecule has 0 spiro atoms. The Balaban J connectivity index is 2.20. The second-order valence-corrected chi connectivity index (χ2v) is 2.69. The molecule has 0 aliphatic carbocycles. The highest BCUT2D eigenvalue weighted by Crippen LogP contribution is 2.35. The first-order valence-electron chi connectivity index (χ1n) is 3.64. The van der Waals surface area contributed by atoms with Crippen molar-refractivity contribution in [2.45, 2.75) is 6.10 Å². The van der Waals surface area contributed by atoms with Crippen molar-refractivity contribution in [3.05, 3.63) is 23.5 Å². The molecule has 3 rings (SSSR count). The number of aromatic amines is 1. The lowest BCUT2D eigenvalue weighted by Gasteiger charge is -2.12. The van der Waals surface area contributed by atoms with E-state index < -0.39 is 0 Å². The molecule has 12 heavy (non-hydrogen) atoms. The highest BCUT2D eigenvalue weighted by molar-refractivity contribution is 5.85. The van der Waals surface area contributed by atoms with Crippen LogP contribution in [0.2, 0.25) is 0 Å². The number of nitrogens with one attached hydrogen (secondary N) is 2. The predicted octanol–water partition coefficient (Wildman–Crippen LogP) is 0.585. The maximum Gasteiger partial charge on any atom is 0.154 e. The lowest BCUT2D eigenvalue weighted by Crippen LogP contribution is -2.07. The van der Waals surface area contributed by atoms with Gasteiger partial charge >= 0.3 is 0 Å². The minimum atomic E-state index is -0.0451. The molecule has 2 aliphatic heterocycles. The van der Waals surface area contributed by atoms with Gasteiger partial charge in [-0.2, -0.15) is 5.10 Å². The van der Waals surface area contributed by atoms with Crippen molar-refractivity contribution < 1.29 is 4.84 Å². The van der Waals surface area contributed by atoms with Gasteiger partial charge in [0.1, 0.15) is 6.10 Å². The molecule has 2 aliphatic rings. The number of hydrogen-bond donors (Lipinski definition) is 2. The molecule has 0 aromatic carbocycles. The third kappa shape index (κ3) is 0.609. The molecule has 0 amide bonds. The monoisotopic (exact) mass is 162 g/mol. The minimum Gasteiger partial charge on any atom is -0.273 e. The summed E-state index contributed by atoms with van der Waals surface area (Å²) in [6.45, 7) is 0. The summed E-state index contributed by atoms with van der Waals surface area (Å²) in [5, 5.41) is 6.68. The summed E-state index contributed by atoms with van der Waals surface area (Å²) in [7, 11) is 0. The number of rotatable bonds is 0. The number of H-pyrrole nitrogens is 1. The molecule has 0 saturated heterocycles. The molecular weight excluding hydrogens is 156 g/mol. The van der Waals surface area contributed by atoms with E-state index in [0.29, 0.717) is 0 Å². The van der Waals surface area contributed by atoms with Gasteiger partial charge in [0.15, 0.2) is 5.82 Å². The van der Waals surface area contributed by atoms with E-state index in [-0.39, 0.29) is 6.10 Å². The summed E-state index contributed by atoms with van der Waals surface area (Å²) < 4.78 is 0. The second-order valence-electron chi connectivity index (χ2n) is 2.69. The fourth-order valence-electron chi connectivity index (χ4n) is 1.38. The van der Waals surface area contributed by atoms with Crippen LogP contribution in [0.1, 0.15) is 11.7 Å². The fourth-order valence-corrected chi connectivity index (χ4v) is 1.38. The molecule has 3 heterocycles. The Hall–Kier alpha value is -1.62. The first-order chi connectivity index (χ1) is 5.95. The van der Waals surface area contributed by atoms with Crippen LogP contribution >= 0.6 is 0 Å². The predicted molar refractivity (Wildman–Crippen MR) is 41.8 cm³/mol. The number of fused-ring (bicyclic) bond motifs is 3. The third-order valence-electron chi connectivity index (χ3n) is 1.99. The first-order valence-corrected chi connectivity index (χ1v) is 3.64. The summed E-state index contributed by atoms with van der Waals surface area (Å²) in [6, 6.07) is 0. The van der Waals surface area contributed by atoms with Gasteiger partial charge in [0.05, 0.1) is 11.8 Å². The quantitative estimate of drug-likeness (QED) is 0.586. The maximum atomic E-state index is 5.25. The van der Waals surface area contributed by atoms with Gasteiger partial charge in [-0.15, -0.1) is 0 Å². The van der Waals surface area contributed by atoms with E-state index in [2.05, 4.69) is 20.7 Å². The lowest BCUT2D eigenvalue weighted by molar-refractivity contribution is 0.0449. The average Bonchev–Trinajstić information content (AvgIpc) is 2.71. The number of hydrogen-bond acceptors (Lipinski definition) is 4. The van der Waals surface area contributed by atoms with Crippen LogP contribution < -0.4 is 5.48 Å². The lowest BCUT2D eigenvalue weighted by atomic mass is 10.0. The fraction of sp³-hybridized carbons (Fsp3) is 0.143. The Bertz CT molecular complexity index is 379. The number of aliphatic imine (C=N–C) groups is 1. The van der Waals surface area contributed by atoms with Gasteiger partial charge in [0, 0.05) is 18.0 Å². The zero-order valence-corrected chi connectivity index (χ0v) is 6.11. The van der Waals surface area contributed by atoms with Crippen molar-refractivity contribution in [1.82, 2.24) is 15.7 Å². The van der Waals surface area contributed by atoms with Crippen molar-refractivity contribution in [2.24, 2.45) is 4.99 Å². The van der Waals surface area contributed by atoms with Gasteiger partial charge < -0.3 is 0 Å². The van der Waals surface area contributed by atoms with Gasteiger partial charge in [-0.25, -0.2) is 4.99 Å². The van der Waals surface area contributed by atoms with Crippen LogP contribution in [-0.2, 0) is 4.84 Å². The van der Waals surface area contributed by atoms with Crippen LogP contribution in [-0.4, -0.2) is 16.4 Å². The van der Waals surface area contributed by atoms with Gasteiger partial charge in [0.2, 0.25) is 0 Å². The van der Waals surface area contributed by atoms with Gasteiger partial charge in [-0.1, -0.05) is 0 Å². The van der Waals surface area contributed by atoms with Gasteiger partial charge in [-0.3, -0.25) is 15.4 Å². The van der Waals surface area contributed by atoms with Gasteiger partial charge in [0.25, 0.3) is 0 Å². The standard InChI is InChI=1S/C7H6N4O/c1-4-2-10-12-6(4)5-3-9-11-7(5)8-1/h1-3,6,10H,(H,9,11). The normalized spacial score (nSPS) is 24.3. The van der Waals surface area contributed by atoms with E-state index in [1.165, 1.54) is 0 Å². The molecule has 5 heteroatoms. The van der Waals surface area contributed by atoms with Gasteiger partial charge in [-0.05, 0) is 0 Å². The van der Waals surface area contributed by atoms with E-state index in [4.69, 9.17) is 4.84 Å². The second kappa shape index (κ2) is 1.95. The van der Waals surface area contributed by atoms with E-state index in [1.54, 1.807) is 18.6 Å². The van der Waals surface area contributed by atoms with E-state index >= 15 is 0 Å². The van der Waals surface area contributed by atoms with E-state index in [0.717, 1.165) is 17.0 Å². The van der Waals surface area contributed by atoms with Crippen LogP contribution in [0.5, 0.6) is 0 Å². The van der Waals surface area contributed by atoms with Crippen molar-refractivity contribution in [1.29, 1.82) is 0 Å². The Kier molecular flexibility index (Phi) is 0.968. The molecule has 0 radical (unpaired) electrons. The third-order valence-corrected chi connectivity index (χ3v) is 1.99. The van der Waals surface area contributed by atoms with Crippen LogP contribution in [0.4, 0.5) is 5.82 Å². The van der Waals surface area contributed by atoms with Crippen LogP contribution in [0, 0.1) is 0 Å². The van der Waals surface area contributed by atoms with Crippen LogP contribution in [0.15, 0.2) is 23.0 Å². The summed E-state index contributed by atoms with van der Waals surface area (Å²) in [6.07, 6.45) is 5.25. The Morgan fingerprint density at radius 2 is 2.50 bits per heavy atom. The van der Waals surface area contributed by atoms with Crippen molar-refractivity contribution in [3.8, 4) is 0 Å². The molecule has 2 N–H and O–H groups in total. The van der Waals surface area contributed by atoms with Crippen molar-refractivity contribution >= 4 is 12.0 Å². The Morgan fingerprint density at radius 3 is 3.50 bits per heavy atom. The zero-order valence-electron chi connectivity index (χ0n) is 6.11. The molecule has 0 fully saturated rings. The summed E-state index contributed by atoms with van der Waals surface area (Å²) in [5.41, 5.74) is 4.71. The highest BCUT2D eigenvalue weighted by atomic mass is 16.7. The molecule has 0 saturated carbocycles. The number of aromatic nitrogens is 2. The summed E-state index contributed by atoms with van der Waals surface area (Å²) in [4.78, 5) is 9.41. The topological polar surface area (TPSA) is 62.3 Å². The van der Waals surface area contributed by atoms with Crippen molar-refractivity contribution in [2.75, 3.05) is 0 Å². The van der Waals surface area contributed by atoms with E-state index in [1.807, 2.05) is 0 Å². The molecule has 60 valence electrons. The average molecular weight is 162 g/mol. The zero-order chi connectivity index (χ0) is 7.97. The largest absolute Gasteiger partial charge is 0.273 e. The Morgan fingerprint density at radius 1 is 1.50 bits per heavy atom. The molecular formula is C7H6N4O. The Labute approximate surface area is 68.1 Å². The number of nitrogens with zero attached hydrogens (tertiary/aromatic N) is 2. The van der Waals surface area contributed by atoms with E-state index in [9.17, 15) is 0 Å². The van der Waals surface area contributed by atoms with Crippen LogP contribution in [0.25, 0.3) is 0 Å². The molecule has 0 bridgehead atoms. The molecule has 1 aromatic rings. The van der Waals surface area contributed by atoms with Crippen molar-refractivity contribution in [3.63, 3.8) is 0 Å². The molecule has 1 aromatic heterocycles. The number of hydroxylamine groups is 1. The maximum absolute atomic E-state index is 5.25. The summed E-state index contributed by atoms with van der Waals surface area (Å²) >= 11 is 0.